The maximum atomic E-state index is 12.5. The summed E-state index contributed by atoms with van der Waals surface area (Å²) in [6.45, 7) is 5.83. The van der Waals surface area contributed by atoms with Gasteiger partial charge in [0.1, 0.15) is 5.75 Å². The second-order valence-corrected chi connectivity index (χ2v) is 8.24. The lowest BCUT2D eigenvalue weighted by Gasteiger charge is -2.12. The molecular weight excluding hydrogens is 364 g/mol. The van der Waals surface area contributed by atoms with Crippen LogP contribution in [-0.4, -0.2) is 28.0 Å². The first-order valence-corrected chi connectivity index (χ1v) is 10.2. The van der Waals surface area contributed by atoms with Gasteiger partial charge in [-0.05, 0) is 49.9 Å². The first-order valence-electron chi connectivity index (χ1n) is 8.74. The Kier molecular flexibility index (Phi) is 6.98. The number of carbonyl (C=O) groups is 1. The second-order valence-electron chi connectivity index (χ2n) is 6.47. The summed E-state index contributed by atoms with van der Waals surface area (Å²) in [4.78, 5) is 11.3. The summed E-state index contributed by atoms with van der Waals surface area (Å²) in [5.74, 6) is 0.0387. The van der Waals surface area contributed by atoms with E-state index in [1.165, 1.54) is 48.9 Å². The van der Waals surface area contributed by atoms with Crippen LogP contribution in [0.3, 0.4) is 0 Å². The second kappa shape index (κ2) is 9.01. The van der Waals surface area contributed by atoms with E-state index < -0.39 is 10.0 Å². The summed E-state index contributed by atoms with van der Waals surface area (Å²) in [7, 11) is -2.23. The van der Waals surface area contributed by atoms with E-state index in [0.29, 0.717) is 24.4 Å². The molecule has 0 bridgehead atoms. The molecule has 6 nitrogen and oxygen atoms in total. The van der Waals surface area contributed by atoms with Gasteiger partial charge in [-0.1, -0.05) is 23.8 Å². The van der Waals surface area contributed by atoms with Gasteiger partial charge in [-0.2, -0.15) is 0 Å². The number of aryl methyl sites for hydroxylation is 3. The molecule has 0 saturated carbocycles. The number of benzene rings is 2. The standard InChI is InChI=1S/C20H26N2O4S/c1-14-7-8-17(15(2)12-14)6-5-11-21-27(24,25)18-9-10-19(22-16(3)23)20(13-18)26-4/h7-10,12-13,21H,5-6,11H2,1-4H3,(H,22,23). The Balaban J connectivity index is 2.00. The molecule has 0 aliphatic heterocycles. The quantitative estimate of drug-likeness (QED) is 0.678. The number of hydrogen-bond acceptors (Lipinski definition) is 4. The molecule has 0 unspecified atom stereocenters. The molecular formula is C20H26N2O4S. The molecule has 0 radical (unpaired) electrons. The number of amides is 1. The molecule has 0 fully saturated rings. The number of sulfonamides is 1. The Hall–Kier alpha value is -2.38. The molecule has 0 spiro atoms. The molecule has 0 aromatic heterocycles. The van der Waals surface area contributed by atoms with Gasteiger partial charge >= 0.3 is 0 Å². The molecule has 7 heteroatoms. The minimum Gasteiger partial charge on any atom is -0.495 e. The number of nitrogens with one attached hydrogen (secondary N) is 2. The zero-order chi connectivity index (χ0) is 20.0. The Labute approximate surface area is 161 Å². The summed E-state index contributed by atoms with van der Waals surface area (Å²) in [6.07, 6.45) is 1.50. The van der Waals surface area contributed by atoms with Crippen LogP contribution in [0.15, 0.2) is 41.3 Å². The highest BCUT2D eigenvalue weighted by atomic mass is 32.2. The Bertz CT molecular complexity index is 924. The molecule has 2 rings (SSSR count). The summed E-state index contributed by atoms with van der Waals surface area (Å²) >= 11 is 0. The SMILES string of the molecule is COc1cc(S(=O)(=O)NCCCc2ccc(C)cc2C)ccc1NC(C)=O. The first-order chi connectivity index (χ1) is 12.7. The normalized spacial score (nSPS) is 11.3. The summed E-state index contributed by atoms with van der Waals surface area (Å²) in [6, 6.07) is 10.6. The fraction of sp³-hybridized carbons (Fsp3) is 0.350. The third kappa shape index (κ3) is 5.80. The molecule has 0 heterocycles. The van der Waals surface area contributed by atoms with Gasteiger partial charge in [-0.3, -0.25) is 4.79 Å². The van der Waals surface area contributed by atoms with Crippen molar-refractivity contribution in [3.63, 3.8) is 0 Å². The van der Waals surface area contributed by atoms with Crippen LogP contribution in [0.1, 0.15) is 30.0 Å². The Morgan fingerprint density at radius 1 is 1.11 bits per heavy atom. The minimum absolute atomic E-state index is 0.0972. The summed E-state index contributed by atoms with van der Waals surface area (Å²) in [5, 5.41) is 2.60. The van der Waals surface area contributed by atoms with Crippen molar-refractivity contribution in [3.05, 3.63) is 53.1 Å². The molecule has 0 aliphatic rings. The number of rotatable bonds is 8. The number of carbonyl (C=O) groups excluding carboxylic acids is 1. The van der Waals surface area contributed by atoms with E-state index in [1.54, 1.807) is 0 Å². The van der Waals surface area contributed by atoms with Gasteiger partial charge in [0.05, 0.1) is 17.7 Å². The fourth-order valence-electron chi connectivity index (χ4n) is 2.83. The predicted molar refractivity (Wildman–Crippen MR) is 107 cm³/mol. The Morgan fingerprint density at radius 3 is 2.48 bits per heavy atom. The third-order valence-corrected chi connectivity index (χ3v) is 5.67. The summed E-state index contributed by atoms with van der Waals surface area (Å²) in [5.41, 5.74) is 4.09. The number of methoxy groups -OCH3 is 1. The van der Waals surface area contributed by atoms with Crippen molar-refractivity contribution in [2.24, 2.45) is 0 Å². The van der Waals surface area contributed by atoms with Crippen LogP contribution in [0.4, 0.5) is 5.69 Å². The fourth-order valence-corrected chi connectivity index (χ4v) is 3.92. The van der Waals surface area contributed by atoms with Crippen molar-refractivity contribution in [2.75, 3.05) is 19.0 Å². The van der Waals surface area contributed by atoms with Crippen LogP contribution in [0.2, 0.25) is 0 Å². The Morgan fingerprint density at radius 2 is 1.85 bits per heavy atom. The van der Waals surface area contributed by atoms with Crippen LogP contribution >= 0.6 is 0 Å². The lowest BCUT2D eigenvalue weighted by atomic mass is 10.0. The highest BCUT2D eigenvalue weighted by Gasteiger charge is 2.16. The van der Waals surface area contributed by atoms with E-state index in [9.17, 15) is 13.2 Å². The van der Waals surface area contributed by atoms with Crippen LogP contribution in [0.25, 0.3) is 0 Å². The van der Waals surface area contributed by atoms with Gasteiger partial charge in [0.25, 0.3) is 0 Å². The number of anilines is 1. The number of ether oxygens (including phenoxy) is 1. The van der Waals surface area contributed by atoms with Gasteiger partial charge in [0.15, 0.2) is 0 Å². The van der Waals surface area contributed by atoms with Crippen molar-refractivity contribution >= 4 is 21.6 Å². The molecule has 2 N–H and O–H groups in total. The average molecular weight is 391 g/mol. The molecule has 0 atom stereocenters. The van der Waals surface area contributed by atoms with Crippen molar-refractivity contribution in [3.8, 4) is 5.75 Å². The van der Waals surface area contributed by atoms with E-state index in [1.807, 2.05) is 0 Å². The van der Waals surface area contributed by atoms with E-state index in [4.69, 9.17) is 4.74 Å². The monoisotopic (exact) mass is 390 g/mol. The zero-order valence-corrected chi connectivity index (χ0v) is 16.9. The van der Waals surface area contributed by atoms with Crippen LogP contribution in [0.5, 0.6) is 5.75 Å². The van der Waals surface area contributed by atoms with Gasteiger partial charge in [-0.25, -0.2) is 13.1 Å². The predicted octanol–water partition coefficient (Wildman–Crippen LogP) is 3.18. The largest absolute Gasteiger partial charge is 0.495 e. The average Bonchev–Trinajstić information content (AvgIpc) is 2.60. The maximum Gasteiger partial charge on any atom is 0.240 e. The molecule has 0 saturated heterocycles. The van der Waals surface area contributed by atoms with Crippen molar-refractivity contribution in [1.82, 2.24) is 4.72 Å². The topological polar surface area (TPSA) is 84.5 Å². The molecule has 2 aromatic rings. The summed E-state index contributed by atoms with van der Waals surface area (Å²) < 4.78 is 32.8. The lowest BCUT2D eigenvalue weighted by Crippen LogP contribution is -2.25. The van der Waals surface area contributed by atoms with Gasteiger partial charge in [0.2, 0.25) is 15.9 Å². The van der Waals surface area contributed by atoms with E-state index in [0.717, 1.165) is 6.42 Å². The van der Waals surface area contributed by atoms with Crippen molar-refractivity contribution in [1.29, 1.82) is 0 Å². The molecule has 2 aromatic carbocycles. The van der Waals surface area contributed by atoms with Crippen molar-refractivity contribution < 1.29 is 17.9 Å². The van der Waals surface area contributed by atoms with Crippen LogP contribution < -0.4 is 14.8 Å². The number of hydrogen-bond donors (Lipinski definition) is 2. The van der Waals surface area contributed by atoms with E-state index in [-0.39, 0.29) is 10.8 Å². The minimum atomic E-state index is -3.65. The van der Waals surface area contributed by atoms with Gasteiger partial charge in [0, 0.05) is 19.5 Å². The van der Waals surface area contributed by atoms with Crippen LogP contribution in [-0.2, 0) is 21.2 Å². The van der Waals surface area contributed by atoms with Crippen molar-refractivity contribution in [2.45, 2.75) is 38.5 Å². The molecule has 1 amide bonds. The van der Waals surface area contributed by atoms with E-state index in [2.05, 4.69) is 42.1 Å². The third-order valence-electron chi connectivity index (χ3n) is 4.21. The molecule has 146 valence electrons. The van der Waals surface area contributed by atoms with E-state index >= 15 is 0 Å². The van der Waals surface area contributed by atoms with Gasteiger partial charge < -0.3 is 10.1 Å². The molecule has 27 heavy (non-hydrogen) atoms. The van der Waals surface area contributed by atoms with Gasteiger partial charge in [-0.15, -0.1) is 0 Å². The highest BCUT2D eigenvalue weighted by Crippen LogP contribution is 2.27. The molecule has 0 aliphatic carbocycles. The smallest absolute Gasteiger partial charge is 0.240 e. The zero-order valence-electron chi connectivity index (χ0n) is 16.1. The maximum absolute atomic E-state index is 12.5. The first kappa shape index (κ1) is 20.9. The van der Waals surface area contributed by atoms with Crippen LogP contribution in [0, 0.1) is 13.8 Å². The lowest BCUT2D eigenvalue weighted by molar-refractivity contribution is -0.114. The highest BCUT2D eigenvalue weighted by molar-refractivity contribution is 7.89.